The molecule has 0 aliphatic carbocycles. The number of rotatable bonds is 5. The predicted molar refractivity (Wildman–Crippen MR) is 62.6 cm³/mol. The summed E-state index contributed by atoms with van der Waals surface area (Å²) in [6, 6.07) is 0. The van der Waals surface area contributed by atoms with Gasteiger partial charge in [0.15, 0.2) is 0 Å². The van der Waals surface area contributed by atoms with Crippen molar-refractivity contribution in [1.29, 1.82) is 0 Å². The van der Waals surface area contributed by atoms with Gasteiger partial charge in [0.25, 0.3) is 0 Å². The molecule has 11 heavy (non-hydrogen) atoms. The van der Waals surface area contributed by atoms with Crippen LogP contribution in [0.1, 0.15) is 32.6 Å². The Morgan fingerprint density at radius 1 is 1.00 bits per heavy atom. The van der Waals surface area contributed by atoms with Gasteiger partial charge in [-0.15, -0.1) is 0 Å². The minimum absolute atomic E-state index is 1.34. The average Bonchev–Trinajstić information content (AvgIpc) is 1.76. The second-order valence-corrected chi connectivity index (χ2v) is 18.9. The number of hydrogen-bond acceptors (Lipinski definition) is 0. The Labute approximate surface area is 79.8 Å². The number of unbranched alkanes of at least 4 members (excludes halogenated alkanes) is 3. The van der Waals surface area contributed by atoms with Gasteiger partial charge in [0.2, 0.25) is 0 Å². The summed E-state index contributed by atoms with van der Waals surface area (Å²) in [5, 5.41) is -1.35. The van der Waals surface area contributed by atoms with Gasteiger partial charge in [-0.05, 0) is 0 Å². The first kappa shape index (κ1) is 11.9. The molecule has 0 aromatic heterocycles. The number of hydrogen-bond donors (Lipinski definition) is 0. The summed E-state index contributed by atoms with van der Waals surface area (Å²) in [7, 11) is 0. The van der Waals surface area contributed by atoms with Gasteiger partial charge in [-0.1, -0.05) is 0 Å². The van der Waals surface area contributed by atoms with Crippen molar-refractivity contribution in [1.82, 2.24) is 0 Å². The van der Waals surface area contributed by atoms with E-state index in [4.69, 9.17) is 0 Å². The maximum absolute atomic E-state index is 3.87. The van der Waals surface area contributed by atoms with E-state index in [9.17, 15) is 0 Å². The average molecular weight is 241 g/mol. The third kappa shape index (κ3) is 10.9. The Bertz CT molecular complexity index is 103. The van der Waals surface area contributed by atoms with Crippen LogP contribution in [0.5, 0.6) is 0 Å². The molecule has 70 valence electrons. The molecule has 0 aromatic carbocycles. The molecule has 0 N–H and O–H groups in total. The topological polar surface area (TPSA) is 0 Å². The van der Waals surface area contributed by atoms with Crippen LogP contribution in [0.2, 0.25) is 0 Å². The molecule has 0 aliphatic rings. The van der Waals surface area contributed by atoms with Crippen molar-refractivity contribution in [3.8, 4) is 0 Å². The summed E-state index contributed by atoms with van der Waals surface area (Å²) < 4.78 is 0. The molecule has 0 amide bonds. The Hall–Kier alpha value is 0.910. The van der Waals surface area contributed by atoms with Crippen LogP contribution in [0.25, 0.3) is 0 Å². The summed E-state index contributed by atoms with van der Waals surface area (Å²) in [5.74, 6) is 0. The summed E-state index contributed by atoms with van der Waals surface area (Å²) in [6.07, 6.45) is 6.95. The first-order chi connectivity index (χ1) is 4.81. The van der Waals surface area contributed by atoms with E-state index in [-0.39, 0.29) is 0 Å². The Morgan fingerprint density at radius 2 is 1.55 bits per heavy atom. The van der Waals surface area contributed by atoms with Gasteiger partial charge < -0.3 is 0 Å². The molecule has 0 saturated heterocycles. The third-order valence-electron chi connectivity index (χ3n) is 1.77. The molecular weight excluding hydrogens is 219 g/mol. The van der Waals surface area contributed by atoms with Gasteiger partial charge in [-0.3, -0.25) is 0 Å². The summed E-state index contributed by atoms with van der Waals surface area (Å²) in [4.78, 5) is 0. The van der Waals surface area contributed by atoms with Crippen molar-refractivity contribution in [2.75, 3.05) is 26.2 Å². The molecule has 0 bridgehead atoms. The standard InChI is InChI=1S/C9H22BrP/c1-5-6-7-8-9-11(2,3,4)10/h5-9H2,1-4H3. The van der Waals surface area contributed by atoms with E-state index >= 15 is 0 Å². The van der Waals surface area contributed by atoms with Crippen molar-refractivity contribution in [2.45, 2.75) is 32.6 Å². The summed E-state index contributed by atoms with van der Waals surface area (Å²) >= 11 is 3.87. The monoisotopic (exact) mass is 240 g/mol. The molecular formula is C9H22BrP. The Kier molecular flexibility index (Phi) is 4.58. The van der Waals surface area contributed by atoms with E-state index in [0.29, 0.717) is 0 Å². The quantitative estimate of drug-likeness (QED) is 0.496. The van der Waals surface area contributed by atoms with Gasteiger partial charge >= 0.3 is 79.6 Å². The zero-order chi connectivity index (χ0) is 8.98. The molecule has 0 saturated carbocycles. The van der Waals surface area contributed by atoms with Crippen LogP contribution < -0.4 is 0 Å². The van der Waals surface area contributed by atoms with Crippen LogP contribution in [-0.4, -0.2) is 26.2 Å². The number of halogens is 1. The van der Waals surface area contributed by atoms with Crippen LogP contribution in [-0.2, 0) is 0 Å². The first-order valence-electron chi connectivity index (χ1n) is 4.53. The van der Waals surface area contributed by atoms with Crippen LogP contribution in [0.3, 0.4) is 0 Å². The van der Waals surface area contributed by atoms with Crippen molar-refractivity contribution in [2.24, 2.45) is 0 Å². The second kappa shape index (κ2) is 4.23. The second-order valence-electron chi connectivity index (χ2n) is 4.70. The summed E-state index contributed by atoms with van der Waals surface area (Å²) in [5.41, 5.74) is 0. The molecule has 0 unspecified atom stereocenters. The fraction of sp³-hybridized carbons (Fsp3) is 1.00. The molecule has 2 heteroatoms. The summed E-state index contributed by atoms with van der Waals surface area (Å²) in [6.45, 7) is 9.42. The molecule has 0 heterocycles. The zero-order valence-corrected chi connectivity index (χ0v) is 10.8. The van der Waals surface area contributed by atoms with Crippen molar-refractivity contribution in [3.05, 3.63) is 0 Å². The minimum atomic E-state index is -1.35. The fourth-order valence-corrected chi connectivity index (χ4v) is 3.12. The first-order valence-corrected chi connectivity index (χ1v) is 10.3. The van der Waals surface area contributed by atoms with Gasteiger partial charge in [-0.25, -0.2) is 0 Å². The zero-order valence-electron chi connectivity index (χ0n) is 8.36. The predicted octanol–water partition coefficient (Wildman–Crippen LogP) is 4.32. The maximum atomic E-state index is 3.87. The van der Waals surface area contributed by atoms with Crippen molar-refractivity contribution < 1.29 is 0 Å². The molecule has 0 fully saturated rings. The molecule has 0 nitrogen and oxygen atoms in total. The normalized spacial score (nSPS) is 15.9. The van der Waals surface area contributed by atoms with Crippen molar-refractivity contribution >= 4 is 20.8 Å². The SMILES string of the molecule is CCCCCCP(C)(C)(C)Br. The molecule has 0 radical (unpaired) electrons. The van der Waals surface area contributed by atoms with E-state index in [2.05, 4.69) is 42.4 Å². The molecule has 0 aliphatic heterocycles. The van der Waals surface area contributed by atoms with Crippen LogP contribution in [0.15, 0.2) is 0 Å². The van der Waals surface area contributed by atoms with E-state index in [1.807, 2.05) is 0 Å². The fourth-order valence-electron chi connectivity index (χ4n) is 1.07. The van der Waals surface area contributed by atoms with Gasteiger partial charge in [0, 0.05) is 0 Å². The molecule has 0 atom stereocenters. The van der Waals surface area contributed by atoms with Crippen LogP contribution in [0.4, 0.5) is 0 Å². The van der Waals surface area contributed by atoms with E-state index < -0.39 is 5.31 Å². The van der Waals surface area contributed by atoms with Gasteiger partial charge in [0.1, 0.15) is 0 Å². The van der Waals surface area contributed by atoms with E-state index in [0.717, 1.165) is 0 Å². The van der Waals surface area contributed by atoms with Crippen LogP contribution in [0, 0.1) is 0 Å². The molecule has 0 aromatic rings. The molecule has 0 spiro atoms. The Balaban J connectivity index is 3.40. The van der Waals surface area contributed by atoms with Crippen molar-refractivity contribution in [3.63, 3.8) is 0 Å². The van der Waals surface area contributed by atoms with E-state index in [1.54, 1.807) is 0 Å². The Morgan fingerprint density at radius 3 is 1.91 bits per heavy atom. The molecule has 0 rings (SSSR count). The van der Waals surface area contributed by atoms with Gasteiger partial charge in [0.05, 0.1) is 0 Å². The van der Waals surface area contributed by atoms with Gasteiger partial charge in [-0.2, -0.15) is 0 Å². The third-order valence-corrected chi connectivity index (χ3v) is 4.66. The van der Waals surface area contributed by atoms with E-state index in [1.165, 1.54) is 31.8 Å². The van der Waals surface area contributed by atoms with Crippen LogP contribution >= 0.6 is 20.8 Å².